The predicted octanol–water partition coefficient (Wildman–Crippen LogP) is 3.02. The summed E-state index contributed by atoms with van der Waals surface area (Å²) in [6.45, 7) is 1.43. The zero-order chi connectivity index (χ0) is 19.4. The number of nitro benzene ring substituents is 1. The van der Waals surface area contributed by atoms with Crippen molar-refractivity contribution >= 4 is 39.2 Å². The number of aliphatic imine (C=N–C) groups is 1. The minimum atomic E-state index is -3.55. The van der Waals surface area contributed by atoms with Crippen LogP contribution in [0.1, 0.15) is 5.56 Å². The van der Waals surface area contributed by atoms with E-state index in [1.54, 1.807) is 18.2 Å². The molecule has 142 valence electrons. The van der Waals surface area contributed by atoms with Crippen LogP contribution in [0.2, 0.25) is 5.02 Å². The maximum absolute atomic E-state index is 12.6. The quantitative estimate of drug-likeness (QED) is 0.429. The van der Waals surface area contributed by atoms with E-state index in [9.17, 15) is 18.5 Å². The third-order valence-corrected chi connectivity index (χ3v) is 6.21. The highest BCUT2D eigenvalue weighted by molar-refractivity contribution is 7.89. The molecule has 1 heterocycles. The molecule has 0 aromatic heterocycles. The smallest absolute Gasteiger partial charge is 0.288 e. The van der Waals surface area contributed by atoms with E-state index in [0.717, 1.165) is 0 Å². The lowest BCUT2D eigenvalue weighted by atomic mass is 10.2. The molecular weight excluding hydrogens is 394 g/mol. The Morgan fingerprint density at radius 3 is 2.44 bits per heavy atom. The van der Waals surface area contributed by atoms with E-state index in [4.69, 9.17) is 16.3 Å². The molecule has 1 aliphatic heterocycles. The maximum atomic E-state index is 12.6. The molecule has 0 saturated carbocycles. The van der Waals surface area contributed by atoms with Gasteiger partial charge < -0.3 is 4.74 Å². The second kappa shape index (κ2) is 8.13. The molecular formula is C17H16ClN3O5S. The lowest BCUT2D eigenvalue weighted by Gasteiger charge is -2.26. The highest BCUT2D eigenvalue weighted by Gasteiger charge is 2.26. The first-order valence-corrected chi connectivity index (χ1v) is 9.86. The van der Waals surface area contributed by atoms with E-state index in [1.807, 2.05) is 0 Å². The van der Waals surface area contributed by atoms with Gasteiger partial charge in [0.15, 0.2) is 0 Å². The van der Waals surface area contributed by atoms with Crippen LogP contribution in [-0.4, -0.2) is 50.2 Å². The van der Waals surface area contributed by atoms with Crippen LogP contribution >= 0.6 is 11.6 Å². The predicted molar refractivity (Wildman–Crippen MR) is 101 cm³/mol. The first-order chi connectivity index (χ1) is 12.9. The van der Waals surface area contributed by atoms with E-state index in [1.165, 1.54) is 34.8 Å². The highest BCUT2D eigenvalue weighted by Crippen LogP contribution is 2.25. The Morgan fingerprint density at radius 1 is 1.15 bits per heavy atom. The van der Waals surface area contributed by atoms with E-state index >= 15 is 0 Å². The molecule has 0 atom stereocenters. The lowest BCUT2D eigenvalue weighted by Crippen LogP contribution is -2.40. The fourth-order valence-corrected chi connectivity index (χ4v) is 4.13. The highest BCUT2D eigenvalue weighted by atomic mass is 35.5. The normalized spacial score (nSPS) is 15.9. The standard InChI is InChI=1S/C17H16ClN3O5S/c18-16-6-1-13(11-17(16)21(22)23)12-19-14-2-4-15(5-3-14)27(24,25)20-7-9-26-10-8-20/h1-6,11-12H,7-10H2. The van der Waals surface area contributed by atoms with Gasteiger partial charge in [-0.25, -0.2) is 8.42 Å². The molecule has 0 unspecified atom stereocenters. The van der Waals surface area contributed by atoms with Gasteiger partial charge in [-0.3, -0.25) is 15.1 Å². The van der Waals surface area contributed by atoms with Crippen LogP contribution < -0.4 is 0 Å². The lowest BCUT2D eigenvalue weighted by molar-refractivity contribution is -0.384. The molecule has 1 aliphatic rings. The molecule has 3 rings (SSSR count). The zero-order valence-corrected chi connectivity index (χ0v) is 15.7. The Balaban J connectivity index is 1.77. The molecule has 1 saturated heterocycles. The molecule has 10 heteroatoms. The minimum Gasteiger partial charge on any atom is -0.379 e. The summed E-state index contributed by atoms with van der Waals surface area (Å²) in [4.78, 5) is 14.8. The van der Waals surface area contributed by atoms with Gasteiger partial charge in [0.1, 0.15) is 5.02 Å². The van der Waals surface area contributed by atoms with Gasteiger partial charge in [0.2, 0.25) is 10.0 Å². The first-order valence-electron chi connectivity index (χ1n) is 8.04. The van der Waals surface area contributed by atoms with Crippen molar-refractivity contribution in [3.63, 3.8) is 0 Å². The van der Waals surface area contributed by atoms with Crippen molar-refractivity contribution in [1.82, 2.24) is 4.31 Å². The Hall–Kier alpha value is -2.33. The number of nitro groups is 1. The minimum absolute atomic E-state index is 0.0508. The fourth-order valence-electron chi connectivity index (χ4n) is 2.54. The van der Waals surface area contributed by atoms with Crippen LogP contribution in [0.25, 0.3) is 0 Å². The van der Waals surface area contributed by atoms with Crippen LogP contribution in [-0.2, 0) is 14.8 Å². The number of morpholine rings is 1. The van der Waals surface area contributed by atoms with Gasteiger partial charge in [-0.15, -0.1) is 0 Å². The molecule has 2 aromatic carbocycles. The number of sulfonamides is 1. The number of hydrogen-bond acceptors (Lipinski definition) is 6. The van der Waals surface area contributed by atoms with E-state index < -0.39 is 14.9 Å². The summed E-state index contributed by atoms with van der Waals surface area (Å²) in [7, 11) is -3.55. The second-order valence-corrected chi connectivity index (χ2v) is 8.08. The second-order valence-electron chi connectivity index (χ2n) is 5.74. The Labute approximate surface area is 161 Å². The van der Waals surface area contributed by atoms with Crippen molar-refractivity contribution in [2.45, 2.75) is 4.90 Å². The van der Waals surface area contributed by atoms with Gasteiger partial charge in [0.05, 0.1) is 28.7 Å². The average Bonchev–Trinajstić information content (AvgIpc) is 2.68. The van der Waals surface area contributed by atoms with Crippen LogP contribution in [0.4, 0.5) is 11.4 Å². The average molecular weight is 410 g/mol. The molecule has 0 radical (unpaired) electrons. The summed E-state index contributed by atoms with van der Waals surface area (Å²) in [6, 6.07) is 10.5. The largest absolute Gasteiger partial charge is 0.379 e. The molecule has 0 amide bonds. The SMILES string of the molecule is O=[N+]([O-])c1cc(C=Nc2ccc(S(=O)(=O)N3CCOCC3)cc2)ccc1Cl. The number of benzene rings is 2. The first kappa shape index (κ1) is 19.4. The molecule has 8 nitrogen and oxygen atoms in total. The number of nitrogens with zero attached hydrogens (tertiary/aromatic N) is 3. The van der Waals surface area contributed by atoms with Crippen LogP contribution in [0, 0.1) is 10.1 Å². The van der Waals surface area contributed by atoms with E-state index in [-0.39, 0.29) is 15.6 Å². The summed E-state index contributed by atoms with van der Waals surface area (Å²) in [6.07, 6.45) is 1.45. The fraction of sp³-hybridized carbons (Fsp3) is 0.235. The molecule has 0 bridgehead atoms. The zero-order valence-electron chi connectivity index (χ0n) is 14.1. The molecule has 0 aliphatic carbocycles. The van der Waals surface area contributed by atoms with Crippen LogP contribution in [0.15, 0.2) is 52.4 Å². The van der Waals surface area contributed by atoms with Crippen molar-refractivity contribution in [1.29, 1.82) is 0 Å². The number of hydrogen-bond donors (Lipinski definition) is 0. The van der Waals surface area contributed by atoms with E-state index in [0.29, 0.717) is 37.6 Å². The molecule has 0 spiro atoms. The third kappa shape index (κ3) is 4.51. The van der Waals surface area contributed by atoms with Gasteiger partial charge in [0, 0.05) is 25.4 Å². The maximum Gasteiger partial charge on any atom is 0.288 e. The summed E-state index contributed by atoms with van der Waals surface area (Å²) in [5.41, 5.74) is 0.831. The Morgan fingerprint density at radius 2 is 1.81 bits per heavy atom. The van der Waals surface area contributed by atoms with E-state index in [2.05, 4.69) is 4.99 Å². The number of halogens is 1. The third-order valence-electron chi connectivity index (χ3n) is 3.97. The van der Waals surface area contributed by atoms with Crippen molar-refractivity contribution in [3.8, 4) is 0 Å². The topological polar surface area (TPSA) is 102 Å². The van der Waals surface area contributed by atoms with Crippen molar-refractivity contribution in [2.75, 3.05) is 26.3 Å². The van der Waals surface area contributed by atoms with Crippen molar-refractivity contribution in [3.05, 3.63) is 63.2 Å². The van der Waals surface area contributed by atoms with Gasteiger partial charge in [-0.05, 0) is 35.9 Å². The van der Waals surface area contributed by atoms with Gasteiger partial charge >= 0.3 is 0 Å². The van der Waals surface area contributed by atoms with Crippen LogP contribution in [0.5, 0.6) is 0 Å². The van der Waals surface area contributed by atoms with Gasteiger partial charge in [-0.2, -0.15) is 4.31 Å². The number of rotatable bonds is 5. The summed E-state index contributed by atoms with van der Waals surface area (Å²) in [5.74, 6) is 0. The molecule has 27 heavy (non-hydrogen) atoms. The van der Waals surface area contributed by atoms with Crippen molar-refractivity contribution in [2.24, 2.45) is 4.99 Å². The number of ether oxygens (including phenoxy) is 1. The summed E-state index contributed by atoms with van der Waals surface area (Å²) >= 11 is 5.78. The van der Waals surface area contributed by atoms with Gasteiger partial charge in [-0.1, -0.05) is 17.7 Å². The van der Waals surface area contributed by atoms with Crippen LogP contribution in [0.3, 0.4) is 0 Å². The monoisotopic (exact) mass is 409 g/mol. The Bertz CT molecular complexity index is 971. The summed E-state index contributed by atoms with van der Waals surface area (Å²) < 4.78 is 31.7. The molecule has 1 fully saturated rings. The summed E-state index contributed by atoms with van der Waals surface area (Å²) in [5, 5.41) is 11.0. The Kier molecular flexibility index (Phi) is 5.85. The molecule has 0 N–H and O–H groups in total. The molecule has 2 aromatic rings. The van der Waals surface area contributed by atoms with Crippen molar-refractivity contribution < 1.29 is 18.1 Å². The van der Waals surface area contributed by atoms with Gasteiger partial charge in [0.25, 0.3) is 5.69 Å².